The Morgan fingerprint density at radius 2 is 1.65 bits per heavy atom. The van der Waals surface area contributed by atoms with Crippen LogP contribution < -0.4 is 5.73 Å². The fourth-order valence-electron chi connectivity index (χ4n) is 1.78. The van der Waals surface area contributed by atoms with Crippen LogP contribution in [0.5, 0.6) is 0 Å². The summed E-state index contributed by atoms with van der Waals surface area (Å²) in [5.41, 5.74) is 10.5. The zero-order chi connectivity index (χ0) is 12.4. The molecule has 0 bridgehead atoms. The first-order chi connectivity index (χ1) is 8.04. The van der Waals surface area contributed by atoms with Crippen molar-refractivity contribution in [3.63, 3.8) is 0 Å². The van der Waals surface area contributed by atoms with Gasteiger partial charge in [0, 0.05) is 15.5 Å². The average molecular weight is 243 g/mol. The van der Waals surface area contributed by atoms with Gasteiger partial charge >= 0.3 is 0 Å². The second-order valence-electron chi connectivity index (χ2n) is 4.45. The quantitative estimate of drug-likeness (QED) is 0.794. The van der Waals surface area contributed by atoms with Gasteiger partial charge in [-0.3, -0.25) is 0 Å². The van der Waals surface area contributed by atoms with Crippen LogP contribution in [0.4, 0.5) is 5.69 Å². The summed E-state index contributed by atoms with van der Waals surface area (Å²) in [5, 5.41) is 0. The number of nitrogens with two attached hydrogens (primary N) is 1. The lowest BCUT2D eigenvalue weighted by Gasteiger charge is -2.08. The van der Waals surface area contributed by atoms with E-state index in [0.717, 1.165) is 5.69 Å². The monoisotopic (exact) mass is 243 g/mol. The van der Waals surface area contributed by atoms with Crippen LogP contribution in [0.3, 0.4) is 0 Å². The van der Waals surface area contributed by atoms with Crippen molar-refractivity contribution >= 4 is 17.4 Å². The number of benzene rings is 2. The molecular formula is C15H17NS. The van der Waals surface area contributed by atoms with Gasteiger partial charge in [0.2, 0.25) is 0 Å². The molecule has 2 N–H and O–H groups in total. The third-order valence-corrected chi connectivity index (χ3v) is 3.78. The molecule has 0 heterocycles. The topological polar surface area (TPSA) is 26.0 Å². The highest BCUT2D eigenvalue weighted by Gasteiger charge is 2.03. The van der Waals surface area contributed by atoms with E-state index in [1.54, 1.807) is 11.8 Å². The fourth-order valence-corrected chi connectivity index (χ4v) is 2.95. The zero-order valence-electron chi connectivity index (χ0n) is 10.4. The van der Waals surface area contributed by atoms with Crippen molar-refractivity contribution in [1.29, 1.82) is 0 Å². The number of rotatable bonds is 2. The number of aryl methyl sites for hydroxylation is 3. The number of nitrogen functional groups attached to an aromatic ring is 1. The van der Waals surface area contributed by atoms with Crippen LogP contribution in [-0.4, -0.2) is 0 Å². The molecule has 0 aliphatic carbocycles. The highest BCUT2D eigenvalue weighted by Crippen LogP contribution is 2.32. The maximum absolute atomic E-state index is 5.87. The van der Waals surface area contributed by atoms with E-state index < -0.39 is 0 Å². The zero-order valence-corrected chi connectivity index (χ0v) is 11.3. The summed E-state index contributed by atoms with van der Waals surface area (Å²) in [6, 6.07) is 12.7. The summed E-state index contributed by atoms with van der Waals surface area (Å²) in [6.45, 7) is 6.33. The summed E-state index contributed by atoms with van der Waals surface area (Å²) in [6.07, 6.45) is 0. The van der Waals surface area contributed by atoms with E-state index in [0.29, 0.717) is 0 Å². The molecule has 2 heteroatoms. The molecule has 0 aliphatic heterocycles. The van der Waals surface area contributed by atoms with Crippen molar-refractivity contribution in [2.24, 2.45) is 0 Å². The smallest absolute Gasteiger partial charge is 0.0328 e. The first kappa shape index (κ1) is 12.1. The van der Waals surface area contributed by atoms with Crippen molar-refractivity contribution in [3.8, 4) is 0 Å². The molecule has 0 aromatic heterocycles. The molecule has 0 fully saturated rings. The van der Waals surface area contributed by atoms with Gasteiger partial charge in [-0.15, -0.1) is 0 Å². The molecule has 0 saturated carbocycles. The molecule has 17 heavy (non-hydrogen) atoms. The normalized spacial score (nSPS) is 10.5. The Morgan fingerprint density at radius 3 is 2.35 bits per heavy atom. The summed E-state index contributed by atoms with van der Waals surface area (Å²) in [4.78, 5) is 2.51. The predicted molar refractivity (Wildman–Crippen MR) is 75.6 cm³/mol. The minimum atomic E-state index is 0.831. The predicted octanol–water partition coefficient (Wildman–Crippen LogP) is 4.35. The lowest BCUT2D eigenvalue weighted by molar-refractivity contribution is 1.25. The van der Waals surface area contributed by atoms with Gasteiger partial charge in [0.25, 0.3) is 0 Å². The molecule has 0 atom stereocenters. The molecular weight excluding hydrogens is 226 g/mol. The molecule has 88 valence electrons. The Hall–Kier alpha value is -1.41. The van der Waals surface area contributed by atoms with E-state index in [1.165, 1.54) is 26.5 Å². The van der Waals surface area contributed by atoms with E-state index in [-0.39, 0.29) is 0 Å². The van der Waals surface area contributed by atoms with Crippen LogP contribution >= 0.6 is 11.8 Å². The van der Waals surface area contributed by atoms with E-state index in [9.17, 15) is 0 Å². The molecule has 0 spiro atoms. The highest BCUT2D eigenvalue weighted by molar-refractivity contribution is 7.99. The molecule has 2 rings (SSSR count). The van der Waals surface area contributed by atoms with Gasteiger partial charge in [-0.1, -0.05) is 23.9 Å². The van der Waals surface area contributed by atoms with Gasteiger partial charge in [-0.05, 0) is 61.7 Å². The van der Waals surface area contributed by atoms with Crippen LogP contribution in [0.2, 0.25) is 0 Å². The Balaban J connectivity index is 2.34. The first-order valence-corrected chi connectivity index (χ1v) is 6.48. The Kier molecular flexibility index (Phi) is 3.43. The minimum Gasteiger partial charge on any atom is -0.399 e. The standard InChI is InChI=1S/C15H17NS/c1-10-4-5-12(3)15(8-10)17-14-7-11(2)6-13(16)9-14/h4-9H,16H2,1-3H3. The highest BCUT2D eigenvalue weighted by atomic mass is 32.2. The van der Waals surface area contributed by atoms with E-state index in [4.69, 9.17) is 5.73 Å². The Morgan fingerprint density at radius 1 is 0.882 bits per heavy atom. The summed E-state index contributed by atoms with van der Waals surface area (Å²) >= 11 is 1.78. The van der Waals surface area contributed by atoms with Gasteiger partial charge in [0.1, 0.15) is 0 Å². The van der Waals surface area contributed by atoms with Crippen molar-refractivity contribution in [2.75, 3.05) is 5.73 Å². The lowest BCUT2D eigenvalue weighted by atomic mass is 10.2. The van der Waals surface area contributed by atoms with Crippen molar-refractivity contribution in [1.82, 2.24) is 0 Å². The van der Waals surface area contributed by atoms with Crippen molar-refractivity contribution in [2.45, 2.75) is 30.6 Å². The van der Waals surface area contributed by atoms with Crippen LogP contribution in [-0.2, 0) is 0 Å². The second-order valence-corrected chi connectivity index (χ2v) is 5.57. The minimum absolute atomic E-state index is 0.831. The van der Waals surface area contributed by atoms with E-state index in [2.05, 4.69) is 45.0 Å². The largest absolute Gasteiger partial charge is 0.399 e. The number of hydrogen-bond acceptors (Lipinski definition) is 2. The lowest BCUT2D eigenvalue weighted by Crippen LogP contribution is -1.87. The maximum Gasteiger partial charge on any atom is 0.0328 e. The van der Waals surface area contributed by atoms with Gasteiger partial charge in [-0.25, -0.2) is 0 Å². The molecule has 0 aliphatic rings. The third-order valence-electron chi connectivity index (χ3n) is 2.64. The van der Waals surface area contributed by atoms with E-state index in [1.807, 2.05) is 12.1 Å². The maximum atomic E-state index is 5.87. The van der Waals surface area contributed by atoms with E-state index >= 15 is 0 Å². The SMILES string of the molecule is Cc1cc(N)cc(Sc2cc(C)ccc2C)c1. The van der Waals surface area contributed by atoms with Crippen LogP contribution in [0, 0.1) is 20.8 Å². The molecule has 0 saturated heterocycles. The van der Waals surface area contributed by atoms with Crippen LogP contribution in [0.15, 0.2) is 46.2 Å². The molecule has 2 aromatic rings. The molecule has 0 amide bonds. The summed E-state index contributed by atoms with van der Waals surface area (Å²) in [7, 11) is 0. The van der Waals surface area contributed by atoms with Crippen molar-refractivity contribution < 1.29 is 0 Å². The Bertz CT molecular complexity index is 526. The van der Waals surface area contributed by atoms with Gasteiger partial charge in [0.15, 0.2) is 0 Å². The molecule has 0 unspecified atom stereocenters. The fraction of sp³-hybridized carbons (Fsp3) is 0.200. The Labute approximate surface area is 107 Å². The van der Waals surface area contributed by atoms with Gasteiger partial charge in [-0.2, -0.15) is 0 Å². The van der Waals surface area contributed by atoms with Gasteiger partial charge in [0.05, 0.1) is 0 Å². The molecule has 2 aromatic carbocycles. The molecule has 1 nitrogen and oxygen atoms in total. The second kappa shape index (κ2) is 4.84. The summed E-state index contributed by atoms with van der Waals surface area (Å²) < 4.78 is 0. The van der Waals surface area contributed by atoms with Crippen LogP contribution in [0.1, 0.15) is 16.7 Å². The van der Waals surface area contributed by atoms with Crippen molar-refractivity contribution in [3.05, 3.63) is 53.1 Å². The third kappa shape index (κ3) is 3.04. The first-order valence-electron chi connectivity index (χ1n) is 5.67. The number of anilines is 1. The average Bonchev–Trinajstić information content (AvgIpc) is 2.22. The van der Waals surface area contributed by atoms with Gasteiger partial charge < -0.3 is 5.73 Å². The molecule has 0 radical (unpaired) electrons. The summed E-state index contributed by atoms with van der Waals surface area (Å²) in [5.74, 6) is 0. The number of hydrogen-bond donors (Lipinski definition) is 1. The van der Waals surface area contributed by atoms with Crippen LogP contribution in [0.25, 0.3) is 0 Å².